The average molecular weight is 383 g/mol. The number of nitrogens with two attached hydrogens (primary N) is 1. The molecule has 0 saturated heterocycles. The van der Waals surface area contributed by atoms with Crippen molar-refractivity contribution in [1.82, 2.24) is 4.90 Å². The minimum atomic E-state index is -0.852. The monoisotopic (exact) mass is 383 g/mol. The molecule has 2 aromatic rings. The number of amides is 2. The number of fused-ring (bicyclic) bond motifs is 1. The maximum absolute atomic E-state index is 12.9. The van der Waals surface area contributed by atoms with Gasteiger partial charge in [0.25, 0.3) is 5.91 Å². The molecule has 28 heavy (non-hydrogen) atoms. The number of benzene rings is 2. The molecule has 2 N–H and O–H groups in total. The molecule has 1 aliphatic heterocycles. The van der Waals surface area contributed by atoms with Crippen LogP contribution in [0, 0.1) is 0 Å². The first kappa shape index (κ1) is 19.7. The van der Waals surface area contributed by atoms with Crippen LogP contribution in [0.1, 0.15) is 12.5 Å². The summed E-state index contributed by atoms with van der Waals surface area (Å²) in [7, 11) is 1.88. The Kier molecular flexibility index (Phi) is 6.16. The number of hydrogen-bond donors (Lipinski definition) is 1. The van der Waals surface area contributed by atoms with Crippen molar-refractivity contribution < 1.29 is 19.1 Å². The lowest BCUT2D eigenvalue weighted by Crippen LogP contribution is -2.51. The lowest BCUT2D eigenvalue weighted by atomic mass is 10.1. The van der Waals surface area contributed by atoms with E-state index in [1.807, 2.05) is 49.2 Å². The largest absolute Gasteiger partial charge is 0.494 e. The van der Waals surface area contributed by atoms with Crippen molar-refractivity contribution in [3.8, 4) is 11.5 Å². The van der Waals surface area contributed by atoms with E-state index in [0.717, 1.165) is 11.3 Å². The first-order chi connectivity index (χ1) is 13.5. The topological polar surface area (TPSA) is 85.1 Å². The van der Waals surface area contributed by atoms with Crippen LogP contribution in [0.3, 0.4) is 0 Å². The number of rotatable bonds is 7. The molecule has 2 amide bonds. The number of primary amides is 1. The maximum Gasteiger partial charge on any atom is 0.260 e. The predicted molar refractivity (Wildman–Crippen MR) is 106 cm³/mol. The SMILES string of the molecule is CCOc1ccc(CN(C)CC(=O)N2C[C@H](C(N)=O)Oc3ccccc32)cc1. The number of anilines is 1. The predicted octanol–water partition coefficient (Wildman–Crippen LogP) is 1.80. The lowest BCUT2D eigenvalue weighted by Gasteiger charge is -2.34. The van der Waals surface area contributed by atoms with E-state index in [1.165, 1.54) is 0 Å². The summed E-state index contributed by atoms with van der Waals surface area (Å²) in [6.07, 6.45) is -0.852. The van der Waals surface area contributed by atoms with E-state index >= 15 is 0 Å². The zero-order valence-electron chi connectivity index (χ0n) is 16.1. The molecule has 1 atom stereocenters. The van der Waals surface area contributed by atoms with E-state index in [4.69, 9.17) is 15.2 Å². The summed E-state index contributed by atoms with van der Waals surface area (Å²) in [5, 5.41) is 0. The van der Waals surface area contributed by atoms with Crippen LogP contribution in [-0.4, -0.2) is 49.6 Å². The zero-order valence-corrected chi connectivity index (χ0v) is 16.1. The summed E-state index contributed by atoms with van der Waals surface area (Å²) >= 11 is 0. The Morgan fingerprint density at radius 1 is 1.21 bits per heavy atom. The van der Waals surface area contributed by atoms with E-state index in [9.17, 15) is 9.59 Å². The molecule has 0 saturated carbocycles. The van der Waals surface area contributed by atoms with Crippen molar-refractivity contribution in [3.63, 3.8) is 0 Å². The average Bonchev–Trinajstić information content (AvgIpc) is 2.68. The third-order valence-corrected chi connectivity index (χ3v) is 4.48. The molecule has 1 aliphatic rings. The Hall–Kier alpha value is -3.06. The van der Waals surface area contributed by atoms with Gasteiger partial charge in [-0.1, -0.05) is 24.3 Å². The van der Waals surface area contributed by atoms with Crippen LogP contribution in [-0.2, 0) is 16.1 Å². The summed E-state index contributed by atoms with van der Waals surface area (Å²) < 4.78 is 11.1. The highest BCUT2D eigenvalue weighted by molar-refractivity contribution is 5.98. The number of likely N-dealkylation sites (N-methyl/N-ethyl adjacent to an activating group) is 1. The minimum Gasteiger partial charge on any atom is -0.494 e. The standard InChI is InChI=1S/C21H25N3O4/c1-3-27-16-10-8-15(9-11-16)12-23(2)14-20(25)24-13-19(21(22)26)28-18-7-5-4-6-17(18)24/h4-11,19H,3,12-14H2,1-2H3,(H2,22,26)/t19-/m1/s1. The molecule has 0 radical (unpaired) electrons. The molecule has 1 heterocycles. The minimum absolute atomic E-state index is 0.113. The number of hydrogen-bond acceptors (Lipinski definition) is 5. The first-order valence-electron chi connectivity index (χ1n) is 9.23. The zero-order chi connectivity index (χ0) is 20.1. The highest BCUT2D eigenvalue weighted by Gasteiger charge is 2.32. The number of ether oxygens (including phenoxy) is 2. The molecule has 0 aromatic heterocycles. The van der Waals surface area contributed by atoms with Crippen molar-refractivity contribution in [2.24, 2.45) is 5.73 Å². The summed E-state index contributed by atoms with van der Waals surface area (Å²) in [5.41, 5.74) is 7.13. The van der Waals surface area contributed by atoms with E-state index in [1.54, 1.807) is 23.1 Å². The Morgan fingerprint density at radius 3 is 2.61 bits per heavy atom. The molecule has 0 unspecified atom stereocenters. The number of carbonyl (C=O) groups excluding carboxylic acids is 2. The Bertz CT molecular complexity index is 838. The van der Waals surface area contributed by atoms with Gasteiger partial charge in [0.2, 0.25) is 5.91 Å². The number of nitrogens with zero attached hydrogens (tertiary/aromatic N) is 2. The molecule has 7 nitrogen and oxygen atoms in total. The van der Waals surface area contributed by atoms with E-state index < -0.39 is 12.0 Å². The van der Waals surface area contributed by atoms with Crippen molar-refractivity contribution in [3.05, 3.63) is 54.1 Å². The molecular formula is C21H25N3O4. The van der Waals surface area contributed by atoms with Gasteiger partial charge in [-0.25, -0.2) is 0 Å². The van der Waals surface area contributed by atoms with E-state index in [0.29, 0.717) is 24.6 Å². The van der Waals surface area contributed by atoms with Gasteiger partial charge in [0, 0.05) is 6.54 Å². The second kappa shape index (κ2) is 8.75. The van der Waals surface area contributed by atoms with Crippen LogP contribution >= 0.6 is 0 Å². The molecule has 0 fully saturated rings. The van der Waals surface area contributed by atoms with Crippen LogP contribution in [0.2, 0.25) is 0 Å². The fraction of sp³-hybridized carbons (Fsp3) is 0.333. The summed E-state index contributed by atoms with van der Waals surface area (Å²) in [6.45, 7) is 3.50. The third kappa shape index (κ3) is 4.61. The van der Waals surface area contributed by atoms with E-state index in [2.05, 4.69) is 0 Å². The molecule has 7 heteroatoms. The van der Waals surface area contributed by atoms with Gasteiger partial charge in [-0.05, 0) is 43.8 Å². The summed E-state index contributed by atoms with van der Waals surface area (Å²) in [4.78, 5) is 28.0. The van der Waals surface area contributed by atoms with E-state index in [-0.39, 0.29) is 19.0 Å². The third-order valence-electron chi connectivity index (χ3n) is 4.48. The molecule has 0 spiro atoms. The van der Waals surface area contributed by atoms with Gasteiger partial charge in [-0.15, -0.1) is 0 Å². The van der Waals surface area contributed by atoms with Gasteiger partial charge >= 0.3 is 0 Å². The molecule has 0 aliphatic carbocycles. The maximum atomic E-state index is 12.9. The van der Waals surface area contributed by atoms with Gasteiger partial charge in [0.15, 0.2) is 6.10 Å². The van der Waals surface area contributed by atoms with Crippen molar-refractivity contribution in [2.45, 2.75) is 19.6 Å². The van der Waals surface area contributed by atoms with Gasteiger partial charge < -0.3 is 20.1 Å². The van der Waals surface area contributed by atoms with Crippen LogP contribution in [0.25, 0.3) is 0 Å². The van der Waals surface area contributed by atoms with Gasteiger partial charge in [-0.3, -0.25) is 14.5 Å². The van der Waals surface area contributed by atoms with Gasteiger partial charge in [0.1, 0.15) is 11.5 Å². The normalized spacial score (nSPS) is 15.7. The fourth-order valence-corrected chi connectivity index (χ4v) is 3.16. The van der Waals surface area contributed by atoms with Crippen LogP contribution in [0.5, 0.6) is 11.5 Å². The second-order valence-corrected chi connectivity index (χ2v) is 6.73. The Labute approximate surface area is 164 Å². The van der Waals surface area contributed by atoms with Gasteiger partial charge in [-0.2, -0.15) is 0 Å². The molecule has 148 valence electrons. The smallest absolute Gasteiger partial charge is 0.260 e. The van der Waals surface area contributed by atoms with Crippen LogP contribution in [0.15, 0.2) is 48.5 Å². The number of carbonyl (C=O) groups is 2. The van der Waals surface area contributed by atoms with Crippen molar-refractivity contribution in [1.29, 1.82) is 0 Å². The van der Waals surface area contributed by atoms with Crippen molar-refractivity contribution in [2.75, 3.05) is 31.6 Å². The van der Waals surface area contributed by atoms with Gasteiger partial charge in [0.05, 0.1) is 25.4 Å². The Balaban J connectivity index is 1.66. The lowest BCUT2D eigenvalue weighted by molar-refractivity contribution is -0.125. The number of para-hydroxylation sites is 2. The fourth-order valence-electron chi connectivity index (χ4n) is 3.16. The first-order valence-corrected chi connectivity index (χ1v) is 9.23. The summed E-state index contributed by atoms with van der Waals surface area (Å²) in [6, 6.07) is 15.0. The quantitative estimate of drug-likeness (QED) is 0.788. The molecular weight excluding hydrogens is 358 g/mol. The second-order valence-electron chi connectivity index (χ2n) is 6.73. The van der Waals surface area contributed by atoms with Crippen molar-refractivity contribution >= 4 is 17.5 Å². The molecule has 2 aromatic carbocycles. The summed E-state index contributed by atoms with van der Waals surface area (Å²) in [5.74, 6) is 0.609. The highest BCUT2D eigenvalue weighted by atomic mass is 16.5. The Morgan fingerprint density at radius 2 is 1.93 bits per heavy atom. The van der Waals surface area contributed by atoms with Crippen LogP contribution in [0.4, 0.5) is 5.69 Å². The molecule has 0 bridgehead atoms. The highest BCUT2D eigenvalue weighted by Crippen LogP contribution is 2.33. The van der Waals surface area contributed by atoms with Crippen LogP contribution < -0.4 is 20.1 Å². The molecule has 3 rings (SSSR count).